The molecule has 4 rings (SSSR count). The first-order chi connectivity index (χ1) is 14.5. The molecule has 0 amide bonds. The van der Waals surface area contributed by atoms with Gasteiger partial charge in [0.2, 0.25) is 0 Å². The van der Waals surface area contributed by atoms with Crippen LogP contribution in [0.15, 0.2) is 72.8 Å². The first kappa shape index (κ1) is 20.2. The number of aliphatic hydroxyl groups excluding tert-OH is 1. The highest BCUT2D eigenvalue weighted by molar-refractivity contribution is 5.53. The number of hydrogen-bond acceptors (Lipinski definition) is 4. The lowest BCUT2D eigenvalue weighted by Crippen LogP contribution is -2.25. The third-order valence-corrected chi connectivity index (χ3v) is 6.01. The smallest absolute Gasteiger partial charge is 0.124 e. The molecule has 0 radical (unpaired) electrons. The standard InChI is InChI=1S/C25H26FNO3/c26-19-9-6-17(7-10-19)23(29)13-8-18-14-15-27(20-4-2-1-3-5-20)25(18)22-12-11-21(28)16-24(22)30/h1-7,9-12,16,18,23,25,28-30H,8,13-15H2. The van der Waals surface area contributed by atoms with Gasteiger partial charge in [0.15, 0.2) is 0 Å². The second kappa shape index (κ2) is 8.76. The molecule has 3 unspecified atom stereocenters. The van der Waals surface area contributed by atoms with E-state index in [0.29, 0.717) is 12.0 Å². The molecule has 0 aromatic heterocycles. The van der Waals surface area contributed by atoms with E-state index in [1.165, 1.54) is 18.2 Å². The fourth-order valence-corrected chi connectivity index (χ4v) is 4.50. The summed E-state index contributed by atoms with van der Waals surface area (Å²) in [4.78, 5) is 2.28. The summed E-state index contributed by atoms with van der Waals surface area (Å²) in [6, 6.07) is 20.7. The van der Waals surface area contributed by atoms with Gasteiger partial charge >= 0.3 is 0 Å². The molecule has 0 aliphatic carbocycles. The highest BCUT2D eigenvalue weighted by Gasteiger charge is 2.37. The number of benzene rings is 3. The number of nitrogens with zero attached hydrogens (tertiary/aromatic N) is 1. The van der Waals surface area contributed by atoms with Crippen molar-refractivity contribution in [3.63, 3.8) is 0 Å². The van der Waals surface area contributed by atoms with Crippen LogP contribution >= 0.6 is 0 Å². The van der Waals surface area contributed by atoms with Crippen LogP contribution in [0.25, 0.3) is 0 Å². The lowest BCUT2D eigenvalue weighted by Gasteiger charge is -2.31. The molecule has 3 N–H and O–H groups in total. The fraction of sp³-hybridized carbons (Fsp3) is 0.280. The molecule has 3 aromatic carbocycles. The topological polar surface area (TPSA) is 63.9 Å². The van der Waals surface area contributed by atoms with Crippen molar-refractivity contribution in [3.8, 4) is 11.5 Å². The Bertz CT molecular complexity index is 977. The van der Waals surface area contributed by atoms with E-state index in [-0.39, 0.29) is 29.3 Å². The van der Waals surface area contributed by atoms with Gasteiger partial charge in [-0.15, -0.1) is 0 Å². The molecule has 1 aliphatic heterocycles. The van der Waals surface area contributed by atoms with E-state index in [1.807, 2.05) is 18.2 Å². The molecule has 0 saturated carbocycles. The molecule has 3 atom stereocenters. The average Bonchev–Trinajstić information content (AvgIpc) is 3.17. The van der Waals surface area contributed by atoms with E-state index < -0.39 is 6.10 Å². The molecule has 30 heavy (non-hydrogen) atoms. The van der Waals surface area contributed by atoms with Gasteiger partial charge in [0.05, 0.1) is 12.1 Å². The molecule has 156 valence electrons. The van der Waals surface area contributed by atoms with Crippen LogP contribution < -0.4 is 4.90 Å². The summed E-state index contributed by atoms with van der Waals surface area (Å²) in [7, 11) is 0. The average molecular weight is 407 g/mol. The highest BCUT2D eigenvalue weighted by atomic mass is 19.1. The van der Waals surface area contributed by atoms with Crippen molar-refractivity contribution in [1.29, 1.82) is 0 Å². The van der Waals surface area contributed by atoms with Crippen LogP contribution in [0.5, 0.6) is 11.5 Å². The van der Waals surface area contributed by atoms with Crippen molar-refractivity contribution >= 4 is 5.69 Å². The molecule has 1 fully saturated rings. The van der Waals surface area contributed by atoms with Crippen LogP contribution in [0.2, 0.25) is 0 Å². The van der Waals surface area contributed by atoms with Crippen LogP contribution in [-0.4, -0.2) is 21.9 Å². The first-order valence-electron chi connectivity index (χ1n) is 10.3. The Morgan fingerprint density at radius 1 is 0.967 bits per heavy atom. The van der Waals surface area contributed by atoms with Crippen molar-refractivity contribution in [3.05, 3.63) is 89.7 Å². The number of phenols is 2. The summed E-state index contributed by atoms with van der Waals surface area (Å²) >= 11 is 0. The van der Waals surface area contributed by atoms with Gasteiger partial charge in [-0.2, -0.15) is 0 Å². The second-order valence-corrected chi connectivity index (χ2v) is 7.91. The molecule has 5 heteroatoms. The van der Waals surface area contributed by atoms with Crippen molar-refractivity contribution in [1.82, 2.24) is 0 Å². The maximum atomic E-state index is 13.2. The van der Waals surface area contributed by atoms with Gasteiger partial charge in [-0.3, -0.25) is 0 Å². The van der Waals surface area contributed by atoms with Gasteiger partial charge in [0.1, 0.15) is 17.3 Å². The van der Waals surface area contributed by atoms with Crippen LogP contribution in [-0.2, 0) is 0 Å². The second-order valence-electron chi connectivity index (χ2n) is 7.91. The number of hydrogen-bond donors (Lipinski definition) is 3. The Morgan fingerprint density at radius 3 is 2.40 bits per heavy atom. The zero-order valence-corrected chi connectivity index (χ0v) is 16.7. The number of aromatic hydroxyl groups is 2. The molecular formula is C25H26FNO3. The lowest BCUT2D eigenvalue weighted by atomic mass is 9.87. The van der Waals surface area contributed by atoms with Crippen LogP contribution in [0.3, 0.4) is 0 Å². The molecule has 0 bridgehead atoms. The maximum absolute atomic E-state index is 13.2. The number of rotatable bonds is 6. The van der Waals surface area contributed by atoms with Gasteiger partial charge in [-0.1, -0.05) is 30.3 Å². The van der Waals surface area contributed by atoms with Gasteiger partial charge in [0.25, 0.3) is 0 Å². The molecule has 1 aliphatic rings. The first-order valence-corrected chi connectivity index (χ1v) is 10.3. The number of phenolic OH excluding ortho intramolecular Hbond substituents is 2. The van der Waals surface area contributed by atoms with Gasteiger partial charge in [0, 0.05) is 23.9 Å². The van der Waals surface area contributed by atoms with Crippen LogP contribution in [0.4, 0.5) is 10.1 Å². The third kappa shape index (κ3) is 4.26. The molecule has 1 saturated heterocycles. The summed E-state index contributed by atoms with van der Waals surface area (Å²) in [6.07, 6.45) is 1.57. The van der Waals surface area contributed by atoms with Gasteiger partial charge in [-0.05, 0) is 67.1 Å². The minimum Gasteiger partial charge on any atom is -0.508 e. The van der Waals surface area contributed by atoms with Crippen LogP contribution in [0, 0.1) is 11.7 Å². The highest BCUT2D eigenvalue weighted by Crippen LogP contribution is 2.46. The van der Waals surface area contributed by atoms with E-state index in [2.05, 4.69) is 17.0 Å². The Labute approximate surface area is 175 Å². The van der Waals surface area contributed by atoms with E-state index in [9.17, 15) is 19.7 Å². The molecular weight excluding hydrogens is 381 g/mol. The minimum atomic E-state index is -0.662. The zero-order chi connectivity index (χ0) is 21.1. The molecule has 1 heterocycles. The molecule has 3 aromatic rings. The lowest BCUT2D eigenvalue weighted by molar-refractivity contribution is 0.155. The fourth-order valence-electron chi connectivity index (χ4n) is 4.50. The maximum Gasteiger partial charge on any atom is 0.124 e. The van der Waals surface area contributed by atoms with Crippen LogP contribution in [0.1, 0.15) is 42.5 Å². The minimum absolute atomic E-state index is 0.0313. The predicted molar refractivity (Wildman–Crippen MR) is 115 cm³/mol. The Balaban J connectivity index is 1.57. The van der Waals surface area contributed by atoms with Crippen molar-refractivity contribution in [2.75, 3.05) is 11.4 Å². The summed E-state index contributed by atoms with van der Waals surface area (Å²) < 4.78 is 13.2. The summed E-state index contributed by atoms with van der Waals surface area (Å²) in [6.45, 7) is 0.840. The van der Waals surface area contributed by atoms with E-state index in [0.717, 1.165) is 30.6 Å². The summed E-state index contributed by atoms with van der Waals surface area (Å²) in [5.74, 6) is 0.00886. The Hall–Kier alpha value is -3.05. The van der Waals surface area contributed by atoms with Crippen molar-refractivity contribution < 1.29 is 19.7 Å². The van der Waals surface area contributed by atoms with E-state index in [1.54, 1.807) is 24.3 Å². The van der Waals surface area contributed by atoms with Gasteiger partial charge < -0.3 is 20.2 Å². The number of aliphatic hydroxyl groups is 1. The SMILES string of the molecule is Oc1ccc(C2C(CCC(O)c3ccc(F)cc3)CCN2c2ccccc2)c(O)c1. The molecule has 4 nitrogen and oxygen atoms in total. The normalized spacial score (nSPS) is 19.7. The number of halogens is 1. The Kier molecular flexibility index (Phi) is 5.91. The number of anilines is 1. The zero-order valence-electron chi connectivity index (χ0n) is 16.7. The Morgan fingerprint density at radius 2 is 1.70 bits per heavy atom. The molecule has 0 spiro atoms. The summed E-state index contributed by atoms with van der Waals surface area (Å²) in [5.41, 5.74) is 2.56. The third-order valence-electron chi connectivity index (χ3n) is 6.01. The van der Waals surface area contributed by atoms with E-state index >= 15 is 0 Å². The van der Waals surface area contributed by atoms with Crippen molar-refractivity contribution in [2.45, 2.75) is 31.4 Å². The quantitative estimate of drug-likeness (QED) is 0.518. The van der Waals surface area contributed by atoms with Crippen molar-refractivity contribution in [2.24, 2.45) is 5.92 Å². The summed E-state index contributed by atoms with van der Waals surface area (Å²) in [5, 5.41) is 30.8. The number of para-hydroxylation sites is 1. The largest absolute Gasteiger partial charge is 0.508 e. The van der Waals surface area contributed by atoms with E-state index in [4.69, 9.17) is 0 Å². The van der Waals surface area contributed by atoms with Gasteiger partial charge in [-0.25, -0.2) is 4.39 Å². The predicted octanol–water partition coefficient (Wildman–Crippen LogP) is 5.32. The monoisotopic (exact) mass is 407 g/mol.